The Hall–Kier alpha value is -0.0800. The van der Waals surface area contributed by atoms with Crippen LogP contribution in [0.4, 0.5) is 0 Å². The molecule has 2 heteroatoms. The van der Waals surface area contributed by atoms with E-state index in [1.165, 1.54) is 32.1 Å². The second kappa shape index (κ2) is 6.13. The first-order chi connectivity index (χ1) is 8.93. The van der Waals surface area contributed by atoms with Gasteiger partial charge in [-0.1, -0.05) is 40.5 Å². The maximum Gasteiger partial charge on any atom is 0.0555 e. The van der Waals surface area contributed by atoms with E-state index in [1.54, 1.807) is 0 Å². The lowest BCUT2D eigenvalue weighted by Crippen LogP contribution is -2.52. The van der Waals surface area contributed by atoms with E-state index in [1.807, 2.05) is 0 Å². The molecule has 2 fully saturated rings. The van der Waals surface area contributed by atoms with Crippen LogP contribution in [0.15, 0.2) is 0 Å². The van der Waals surface area contributed by atoms with Crippen molar-refractivity contribution in [3.05, 3.63) is 0 Å². The van der Waals surface area contributed by atoms with Crippen LogP contribution in [0.5, 0.6) is 0 Å². The molecule has 0 aromatic carbocycles. The molecule has 0 bridgehead atoms. The summed E-state index contributed by atoms with van der Waals surface area (Å²) in [7, 11) is 0. The van der Waals surface area contributed by atoms with Crippen molar-refractivity contribution in [3.63, 3.8) is 0 Å². The second-order valence-corrected chi connectivity index (χ2v) is 7.78. The van der Waals surface area contributed by atoms with Crippen LogP contribution in [0.1, 0.15) is 72.6 Å². The molecule has 3 atom stereocenters. The van der Waals surface area contributed by atoms with Gasteiger partial charge >= 0.3 is 0 Å². The Morgan fingerprint density at radius 1 is 1.05 bits per heavy atom. The van der Waals surface area contributed by atoms with Crippen LogP contribution in [0.25, 0.3) is 0 Å². The fourth-order valence-electron chi connectivity index (χ4n) is 4.50. The van der Waals surface area contributed by atoms with Gasteiger partial charge in [0.25, 0.3) is 0 Å². The average Bonchev–Trinajstić information content (AvgIpc) is 2.82. The van der Waals surface area contributed by atoms with Gasteiger partial charge in [-0.2, -0.15) is 0 Å². The van der Waals surface area contributed by atoms with E-state index in [9.17, 15) is 5.11 Å². The Kier molecular flexibility index (Phi) is 4.94. The van der Waals surface area contributed by atoms with Crippen molar-refractivity contribution in [2.24, 2.45) is 11.3 Å². The molecule has 0 aromatic rings. The molecule has 0 aliphatic heterocycles. The lowest BCUT2D eigenvalue weighted by Gasteiger charge is -2.48. The van der Waals surface area contributed by atoms with Gasteiger partial charge in [0.2, 0.25) is 0 Å². The Balaban J connectivity index is 2.14. The van der Waals surface area contributed by atoms with Crippen molar-refractivity contribution in [1.29, 1.82) is 0 Å². The summed E-state index contributed by atoms with van der Waals surface area (Å²) in [5.74, 6) is 0.733. The molecule has 0 spiro atoms. The van der Waals surface area contributed by atoms with Crippen LogP contribution in [0.3, 0.4) is 0 Å². The molecule has 0 aromatic heterocycles. The van der Waals surface area contributed by atoms with Gasteiger partial charge in [-0.25, -0.2) is 0 Å². The van der Waals surface area contributed by atoms with Crippen molar-refractivity contribution in [2.75, 3.05) is 6.54 Å². The van der Waals surface area contributed by atoms with Crippen LogP contribution in [-0.2, 0) is 0 Å². The number of hydrogen-bond acceptors (Lipinski definition) is 2. The highest BCUT2D eigenvalue weighted by molar-refractivity contribution is 4.94. The number of rotatable bonds is 3. The molecule has 0 radical (unpaired) electrons. The Bertz CT molecular complexity index is 277. The third-order valence-corrected chi connectivity index (χ3v) is 5.49. The van der Waals surface area contributed by atoms with Gasteiger partial charge in [-0.15, -0.1) is 0 Å². The highest BCUT2D eigenvalue weighted by Gasteiger charge is 2.41. The van der Waals surface area contributed by atoms with Gasteiger partial charge in [-0.3, -0.25) is 4.90 Å². The van der Waals surface area contributed by atoms with E-state index in [0.717, 1.165) is 31.3 Å². The van der Waals surface area contributed by atoms with Crippen LogP contribution < -0.4 is 0 Å². The predicted molar refractivity (Wildman–Crippen MR) is 81.2 cm³/mol. The number of nitrogens with zero attached hydrogens (tertiary/aromatic N) is 1. The molecule has 2 rings (SSSR count). The van der Waals surface area contributed by atoms with Crippen LogP contribution in [0.2, 0.25) is 0 Å². The normalized spacial score (nSPS) is 34.1. The van der Waals surface area contributed by atoms with Gasteiger partial charge in [0.1, 0.15) is 0 Å². The molecule has 112 valence electrons. The third kappa shape index (κ3) is 3.52. The summed E-state index contributed by atoms with van der Waals surface area (Å²) in [4.78, 5) is 2.74. The molecule has 2 aliphatic rings. The van der Waals surface area contributed by atoms with Gasteiger partial charge in [0.05, 0.1) is 6.10 Å². The van der Waals surface area contributed by atoms with Gasteiger partial charge in [0.15, 0.2) is 0 Å². The first kappa shape index (κ1) is 15.3. The van der Waals surface area contributed by atoms with Crippen LogP contribution >= 0.6 is 0 Å². The van der Waals surface area contributed by atoms with Gasteiger partial charge in [-0.05, 0) is 50.0 Å². The molecule has 0 saturated heterocycles. The maximum absolute atomic E-state index is 10.1. The summed E-state index contributed by atoms with van der Waals surface area (Å²) < 4.78 is 0. The summed E-state index contributed by atoms with van der Waals surface area (Å²) >= 11 is 0. The van der Waals surface area contributed by atoms with E-state index >= 15 is 0 Å². The first-order valence-electron chi connectivity index (χ1n) is 8.37. The standard InChI is InChI=1S/C17H33NO/c1-5-18(13-8-6-7-9-13)16-12-14(19)10-11-15(16)17(2,3)4/h13-16,19H,5-12H2,1-4H3. The quantitative estimate of drug-likeness (QED) is 0.840. The molecule has 1 N–H and O–H groups in total. The molecule has 0 heterocycles. The first-order valence-corrected chi connectivity index (χ1v) is 8.37. The fraction of sp³-hybridized carbons (Fsp3) is 1.00. The summed E-state index contributed by atoms with van der Waals surface area (Å²) in [6.45, 7) is 10.6. The Labute approximate surface area is 119 Å². The number of aliphatic hydroxyl groups is 1. The largest absolute Gasteiger partial charge is 0.393 e. The van der Waals surface area contributed by atoms with Crippen LogP contribution in [0, 0.1) is 11.3 Å². The lowest BCUT2D eigenvalue weighted by molar-refractivity contribution is -0.0253. The van der Waals surface area contributed by atoms with E-state index in [0.29, 0.717) is 11.5 Å². The van der Waals surface area contributed by atoms with E-state index in [4.69, 9.17) is 0 Å². The van der Waals surface area contributed by atoms with Crippen LogP contribution in [-0.4, -0.2) is 34.7 Å². The Morgan fingerprint density at radius 2 is 1.68 bits per heavy atom. The summed E-state index contributed by atoms with van der Waals surface area (Å²) in [5, 5.41) is 10.1. The molecule has 2 saturated carbocycles. The maximum atomic E-state index is 10.1. The van der Waals surface area contributed by atoms with E-state index < -0.39 is 0 Å². The monoisotopic (exact) mass is 267 g/mol. The van der Waals surface area contributed by atoms with Crippen molar-refractivity contribution < 1.29 is 5.11 Å². The zero-order valence-electron chi connectivity index (χ0n) is 13.4. The summed E-state index contributed by atoms with van der Waals surface area (Å²) in [6.07, 6.45) is 8.66. The van der Waals surface area contributed by atoms with Crippen molar-refractivity contribution in [2.45, 2.75) is 90.8 Å². The number of hydrogen-bond donors (Lipinski definition) is 1. The zero-order valence-corrected chi connectivity index (χ0v) is 13.4. The molecule has 0 amide bonds. The Morgan fingerprint density at radius 3 is 2.21 bits per heavy atom. The molecule has 2 nitrogen and oxygen atoms in total. The van der Waals surface area contributed by atoms with Gasteiger partial charge < -0.3 is 5.11 Å². The van der Waals surface area contributed by atoms with E-state index in [-0.39, 0.29) is 6.10 Å². The second-order valence-electron chi connectivity index (χ2n) is 7.78. The molecule has 2 aliphatic carbocycles. The van der Waals surface area contributed by atoms with Gasteiger partial charge in [0, 0.05) is 12.1 Å². The average molecular weight is 267 g/mol. The third-order valence-electron chi connectivity index (χ3n) is 5.49. The fourth-order valence-corrected chi connectivity index (χ4v) is 4.50. The molecular formula is C17H33NO. The topological polar surface area (TPSA) is 23.5 Å². The smallest absolute Gasteiger partial charge is 0.0555 e. The highest BCUT2D eigenvalue weighted by atomic mass is 16.3. The van der Waals surface area contributed by atoms with E-state index in [2.05, 4.69) is 32.6 Å². The van der Waals surface area contributed by atoms with Crippen molar-refractivity contribution >= 4 is 0 Å². The summed E-state index contributed by atoms with van der Waals surface area (Å²) in [6, 6.07) is 1.38. The SMILES string of the molecule is CCN(C1CCCC1)C1CC(O)CCC1C(C)(C)C. The minimum atomic E-state index is -0.0703. The summed E-state index contributed by atoms with van der Waals surface area (Å²) in [5.41, 5.74) is 0.358. The minimum absolute atomic E-state index is 0.0703. The number of aliphatic hydroxyl groups excluding tert-OH is 1. The highest BCUT2D eigenvalue weighted by Crippen LogP contribution is 2.42. The molecular weight excluding hydrogens is 234 g/mol. The molecule has 19 heavy (non-hydrogen) atoms. The zero-order chi connectivity index (χ0) is 14.0. The van der Waals surface area contributed by atoms with Crippen molar-refractivity contribution in [1.82, 2.24) is 4.90 Å². The molecule has 3 unspecified atom stereocenters. The predicted octanol–water partition coefficient (Wildman–Crippen LogP) is 3.83. The van der Waals surface area contributed by atoms with Crippen molar-refractivity contribution in [3.8, 4) is 0 Å². The minimum Gasteiger partial charge on any atom is -0.393 e. The lowest BCUT2D eigenvalue weighted by atomic mass is 9.68.